The SMILES string of the molecule is C=CC(=O)OCCC(O)OC(=O)C(=C)C. The Morgan fingerprint density at radius 3 is 2.60 bits per heavy atom. The molecule has 0 amide bonds. The van der Waals surface area contributed by atoms with Gasteiger partial charge in [-0.2, -0.15) is 0 Å². The van der Waals surface area contributed by atoms with E-state index in [2.05, 4.69) is 22.6 Å². The molecule has 1 atom stereocenters. The highest BCUT2D eigenvalue weighted by Gasteiger charge is 2.11. The molecule has 0 aliphatic carbocycles. The van der Waals surface area contributed by atoms with Gasteiger partial charge in [-0.05, 0) is 6.92 Å². The third-order valence-electron chi connectivity index (χ3n) is 1.37. The Bertz CT molecular complexity index is 269. The Balaban J connectivity index is 3.70. The minimum Gasteiger partial charge on any atom is -0.462 e. The number of rotatable bonds is 6. The molecule has 0 rings (SSSR count). The Hall–Kier alpha value is -1.62. The van der Waals surface area contributed by atoms with Gasteiger partial charge in [0.2, 0.25) is 6.29 Å². The van der Waals surface area contributed by atoms with Crippen LogP contribution in [0, 0.1) is 0 Å². The highest BCUT2D eigenvalue weighted by Crippen LogP contribution is 2.00. The fourth-order valence-corrected chi connectivity index (χ4v) is 0.602. The summed E-state index contributed by atoms with van der Waals surface area (Å²) in [6.07, 6.45) is -0.281. The third-order valence-corrected chi connectivity index (χ3v) is 1.37. The fourth-order valence-electron chi connectivity index (χ4n) is 0.602. The van der Waals surface area contributed by atoms with Gasteiger partial charge in [-0.25, -0.2) is 9.59 Å². The molecule has 0 aromatic heterocycles. The standard InChI is InChI=1S/C10H14O5/c1-4-8(11)14-6-5-9(12)15-10(13)7(2)3/h4,9,12H,1-2,5-6H2,3H3. The molecule has 0 heterocycles. The van der Waals surface area contributed by atoms with Crippen LogP contribution in [0.4, 0.5) is 0 Å². The van der Waals surface area contributed by atoms with Crippen molar-refractivity contribution in [2.75, 3.05) is 6.61 Å². The average Bonchev–Trinajstić information content (AvgIpc) is 2.17. The molecule has 1 unspecified atom stereocenters. The maximum atomic E-state index is 10.9. The Morgan fingerprint density at radius 2 is 2.13 bits per heavy atom. The lowest BCUT2D eigenvalue weighted by Crippen LogP contribution is -2.20. The molecular formula is C10H14O5. The van der Waals surface area contributed by atoms with Gasteiger partial charge in [0.15, 0.2) is 0 Å². The average molecular weight is 214 g/mol. The molecule has 0 spiro atoms. The van der Waals surface area contributed by atoms with Crippen LogP contribution in [-0.2, 0) is 19.1 Å². The van der Waals surface area contributed by atoms with Gasteiger partial charge in [-0.3, -0.25) is 0 Å². The normalized spacial score (nSPS) is 11.3. The predicted molar refractivity (Wildman–Crippen MR) is 52.7 cm³/mol. The van der Waals surface area contributed by atoms with Crippen molar-refractivity contribution < 1.29 is 24.2 Å². The maximum Gasteiger partial charge on any atom is 0.335 e. The minimum atomic E-state index is -1.30. The van der Waals surface area contributed by atoms with Crippen molar-refractivity contribution in [1.29, 1.82) is 0 Å². The summed E-state index contributed by atoms with van der Waals surface area (Å²) < 4.78 is 9.10. The van der Waals surface area contributed by atoms with Crippen LogP contribution in [0.3, 0.4) is 0 Å². The van der Waals surface area contributed by atoms with Crippen LogP contribution in [-0.4, -0.2) is 29.9 Å². The minimum absolute atomic E-state index is 0.0125. The quantitative estimate of drug-likeness (QED) is 0.397. The van der Waals surface area contributed by atoms with Crippen LogP contribution in [0.15, 0.2) is 24.8 Å². The monoisotopic (exact) mass is 214 g/mol. The molecule has 0 aliphatic heterocycles. The van der Waals surface area contributed by atoms with Crippen molar-refractivity contribution in [3.05, 3.63) is 24.8 Å². The molecule has 15 heavy (non-hydrogen) atoms. The lowest BCUT2D eigenvalue weighted by Gasteiger charge is -2.11. The summed E-state index contributed by atoms with van der Waals surface area (Å²) in [5.41, 5.74) is 0.192. The molecule has 5 heteroatoms. The molecule has 0 radical (unpaired) electrons. The van der Waals surface area contributed by atoms with Crippen molar-refractivity contribution in [2.24, 2.45) is 0 Å². The van der Waals surface area contributed by atoms with E-state index in [1.165, 1.54) is 6.92 Å². The first-order valence-corrected chi connectivity index (χ1v) is 4.31. The van der Waals surface area contributed by atoms with Gasteiger partial charge < -0.3 is 14.6 Å². The highest BCUT2D eigenvalue weighted by atomic mass is 16.6. The van der Waals surface area contributed by atoms with Crippen molar-refractivity contribution in [2.45, 2.75) is 19.6 Å². The van der Waals surface area contributed by atoms with Gasteiger partial charge in [-0.15, -0.1) is 0 Å². The number of ether oxygens (including phenoxy) is 2. The Kier molecular flexibility index (Phi) is 6.05. The van der Waals surface area contributed by atoms with Crippen molar-refractivity contribution in [3.8, 4) is 0 Å². The van der Waals surface area contributed by atoms with E-state index in [4.69, 9.17) is 5.11 Å². The van der Waals surface area contributed by atoms with Gasteiger partial charge in [-0.1, -0.05) is 13.2 Å². The summed E-state index contributed by atoms with van der Waals surface area (Å²) in [5, 5.41) is 9.15. The van der Waals surface area contributed by atoms with E-state index in [1.54, 1.807) is 0 Å². The Morgan fingerprint density at radius 1 is 1.53 bits per heavy atom. The lowest BCUT2D eigenvalue weighted by molar-refractivity contribution is -0.166. The molecule has 0 aromatic rings. The first-order chi connectivity index (χ1) is 6.97. The largest absolute Gasteiger partial charge is 0.462 e. The first-order valence-electron chi connectivity index (χ1n) is 4.31. The van der Waals surface area contributed by atoms with E-state index in [-0.39, 0.29) is 18.6 Å². The number of esters is 2. The van der Waals surface area contributed by atoms with Crippen LogP contribution >= 0.6 is 0 Å². The van der Waals surface area contributed by atoms with Crippen LogP contribution in [0.1, 0.15) is 13.3 Å². The zero-order chi connectivity index (χ0) is 11.8. The molecule has 0 aromatic carbocycles. The summed E-state index contributed by atoms with van der Waals surface area (Å²) in [4.78, 5) is 21.5. The molecule has 0 saturated carbocycles. The predicted octanol–water partition coefficient (Wildman–Crippen LogP) is 0.543. The van der Waals surface area contributed by atoms with Crippen molar-refractivity contribution in [1.82, 2.24) is 0 Å². The van der Waals surface area contributed by atoms with Gasteiger partial charge >= 0.3 is 11.9 Å². The van der Waals surface area contributed by atoms with Crippen molar-refractivity contribution >= 4 is 11.9 Å². The molecule has 0 saturated heterocycles. The van der Waals surface area contributed by atoms with E-state index < -0.39 is 18.2 Å². The summed E-state index contributed by atoms with van der Waals surface area (Å²) >= 11 is 0. The van der Waals surface area contributed by atoms with E-state index in [1.807, 2.05) is 0 Å². The summed E-state index contributed by atoms with van der Waals surface area (Å²) in [6, 6.07) is 0. The zero-order valence-corrected chi connectivity index (χ0v) is 8.56. The molecule has 1 N–H and O–H groups in total. The molecule has 84 valence electrons. The number of hydrogen-bond acceptors (Lipinski definition) is 5. The first kappa shape index (κ1) is 13.4. The number of hydrogen-bond donors (Lipinski definition) is 1. The molecule has 0 bridgehead atoms. The molecular weight excluding hydrogens is 200 g/mol. The van der Waals surface area contributed by atoms with Crippen molar-refractivity contribution in [3.63, 3.8) is 0 Å². The molecule has 5 nitrogen and oxygen atoms in total. The van der Waals surface area contributed by atoms with Crippen LogP contribution < -0.4 is 0 Å². The lowest BCUT2D eigenvalue weighted by atomic mass is 10.3. The van der Waals surface area contributed by atoms with Gasteiger partial charge in [0.25, 0.3) is 0 Å². The van der Waals surface area contributed by atoms with E-state index >= 15 is 0 Å². The number of aliphatic hydroxyl groups is 1. The van der Waals surface area contributed by atoms with Crippen LogP contribution in [0.25, 0.3) is 0 Å². The van der Waals surface area contributed by atoms with Crippen LogP contribution in [0.2, 0.25) is 0 Å². The number of aliphatic hydroxyl groups excluding tert-OH is 1. The van der Waals surface area contributed by atoms with Gasteiger partial charge in [0.05, 0.1) is 6.61 Å². The zero-order valence-electron chi connectivity index (χ0n) is 8.56. The topological polar surface area (TPSA) is 72.8 Å². The van der Waals surface area contributed by atoms with Crippen LogP contribution in [0.5, 0.6) is 0 Å². The number of carbonyl (C=O) groups excluding carboxylic acids is 2. The fraction of sp³-hybridized carbons (Fsp3) is 0.400. The Labute approximate surface area is 88.0 Å². The second-order valence-electron chi connectivity index (χ2n) is 2.80. The number of carbonyl (C=O) groups is 2. The third kappa shape index (κ3) is 6.45. The summed E-state index contributed by atoms with van der Waals surface area (Å²) in [7, 11) is 0. The molecule has 0 aliphatic rings. The smallest absolute Gasteiger partial charge is 0.335 e. The molecule has 0 fully saturated rings. The summed E-state index contributed by atoms with van der Waals surface area (Å²) in [5.74, 6) is -1.27. The highest BCUT2D eigenvalue weighted by molar-refractivity contribution is 5.87. The van der Waals surface area contributed by atoms with E-state index in [9.17, 15) is 9.59 Å². The van der Waals surface area contributed by atoms with E-state index in [0.29, 0.717) is 0 Å². The summed E-state index contributed by atoms with van der Waals surface area (Å²) in [6.45, 7) is 7.96. The maximum absolute atomic E-state index is 10.9. The van der Waals surface area contributed by atoms with Gasteiger partial charge in [0, 0.05) is 18.1 Å². The van der Waals surface area contributed by atoms with Gasteiger partial charge in [0.1, 0.15) is 0 Å². The second-order valence-corrected chi connectivity index (χ2v) is 2.80. The second kappa shape index (κ2) is 6.78. The van der Waals surface area contributed by atoms with E-state index in [0.717, 1.165) is 6.08 Å².